The highest BCUT2D eigenvalue weighted by Crippen LogP contribution is 2.31. The summed E-state index contributed by atoms with van der Waals surface area (Å²) in [4.78, 5) is 9.58. The van der Waals surface area contributed by atoms with Gasteiger partial charge in [0, 0.05) is 17.2 Å². The number of para-hydroxylation sites is 2. The average molecular weight is 416 g/mol. The predicted molar refractivity (Wildman–Crippen MR) is 119 cm³/mol. The largest absolute Gasteiger partial charge is 0.441 e. The zero-order chi connectivity index (χ0) is 20.7. The van der Waals surface area contributed by atoms with Crippen molar-refractivity contribution in [3.63, 3.8) is 0 Å². The molecule has 0 N–H and O–H groups in total. The Morgan fingerprint density at radius 1 is 0.967 bits per heavy atom. The van der Waals surface area contributed by atoms with Gasteiger partial charge in [-0.1, -0.05) is 55.9 Å². The van der Waals surface area contributed by atoms with Gasteiger partial charge in [0.2, 0.25) is 5.89 Å². The van der Waals surface area contributed by atoms with E-state index in [2.05, 4.69) is 34.5 Å². The second kappa shape index (κ2) is 7.57. The SMILES string of the molecule is Cc1oc(-c2ccccc2)nc1CSc1nc2ccccc2n2c(C(C)C)nnc12. The topological polar surface area (TPSA) is 69.1 Å². The van der Waals surface area contributed by atoms with E-state index in [0.717, 1.165) is 44.5 Å². The minimum absolute atomic E-state index is 0.259. The van der Waals surface area contributed by atoms with Gasteiger partial charge in [-0.15, -0.1) is 10.2 Å². The van der Waals surface area contributed by atoms with Gasteiger partial charge in [0.05, 0.1) is 16.7 Å². The molecule has 0 aliphatic rings. The molecule has 0 saturated carbocycles. The van der Waals surface area contributed by atoms with Crippen LogP contribution in [0.3, 0.4) is 0 Å². The first kappa shape index (κ1) is 18.8. The number of thioether (sulfide) groups is 1. The van der Waals surface area contributed by atoms with Crippen molar-refractivity contribution >= 4 is 28.4 Å². The zero-order valence-electron chi connectivity index (χ0n) is 17.0. The van der Waals surface area contributed by atoms with E-state index in [1.165, 1.54) is 0 Å². The van der Waals surface area contributed by atoms with Crippen LogP contribution in [-0.2, 0) is 5.75 Å². The molecular weight excluding hydrogens is 394 g/mol. The summed E-state index contributed by atoms with van der Waals surface area (Å²) in [6.07, 6.45) is 0. The third-order valence-corrected chi connectivity index (χ3v) is 5.96. The number of aromatic nitrogens is 5. The Balaban J connectivity index is 1.52. The van der Waals surface area contributed by atoms with E-state index < -0.39 is 0 Å². The van der Waals surface area contributed by atoms with Crippen LogP contribution in [0.15, 0.2) is 64.0 Å². The summed E-state index contributed by atoms with van der Waals surface area (Å²) in [5.41, 5.74) is 4.62. The van der Waals surface area contributed by atoms with Crippen LogP contribution >= 0.6 is 11.8 Å². The van der Waals surface area contributed by atoms with Gasteiger partial charge in [-0.2, -0.15) is 0 Å². The summed E-state index contributed by atoms with van der Waals surface area (Å²) in [5.74, 6) is 3.31. The van der Waals surface area contributed by atoms with Gasteiger partial charge in [-0.3, -0.25) is 4.40 Å². The third kappa shape index (κ3) is 3.25. The number of benzene rings is 2. The molecule has 0 atom stereocenters. The highest BCUT2D eigenvalue weighted by atomic mass is 32.2. The lowest BCUT2D eigenvalue weighted by atomic mass is 10.2. The van der Waals surface area contributed by atoms with Crippen molar-refractivity contribution in [2.24, 2.45) is 0 Å². The maximum absolute atomic E-state index is 5.90. The fourth-order valence-electron chi connectivity index (χ4n) is 3.45. The van der Waals surface area contributed by atoms with Gasteiger partial charge >= 0.3 is 0 Å². The number of fused-ring (bicyclic) bond motifs is 3. The second-order valence-electron chi connectivity index (χ2n) is 7.45. The quantitative estimate of drug-likeness (QED) is 0.345. The highest BCUT2D eigenvalue weighted by molar-refractivity contribution is 7.98. The maximum Gasteiger partial charge on any atom is 0.226 e. The second-order valence-corrected chi connectivity index (χ2v) is 8.42. The first-order valence-corrected chi connectivity index (χ1v) is 10.9. The van der Waals surface area contributed by atoms with Gasteiger partial charge in [-0.05, 0) is 31.2 Å². The number of hydrogen-bond acceptors (Lipinski definition) is 6. The molecule has 0 aliphatic carbocycles. The Labute approximate surface area is 178 Å². The van der Waals surface area contributed by atoms with Crippen LogP contribution in [-0.4, -0.2) is 24.6 Å². The number of nitrogens with zero attached hydrogens (tertiary/aromatic N) is 5. The van der Waals surface area contributed by atoms with E-state index in [1.54, 1.807) is 11.8 Å². The normalized spacial score (nSPS) is 11.7. The fourth-order valence-corrected chi connectivity index (χ4v) is 4.42. The standard InChI is InChI=1S/C23H21N5OS/c1-14(2)20-26-27-21-23(25-17-11-7-8-12-19(17)28(20)21)30-13-18-15(3)29-22(24-18)16-9-5-4-6-10-16/h4-12,14H,13H2,1-3H3. The van der Waals surface area contributed by atoms with Crippen LogP contribution in [0.25, 0.3) is 28.1 Å². The predicted octanol–water partition coefficient (Wildman–Crippen LogP) is 5.66. The Bertz CT molecular complexity index is 1340. The van der Waals surface area contributed by atoms with E-state index in [-0.39, 0.29) is 5.92 Å². The van der Waals surface area contributed by atoms with E-state index in [0.29, 0.717) is 11.6 Å². The molecule has 0 amide bonds. The Hall–Kier alpha value is -3.19. The smallest absolute Gasteiger partial charge is 0.226 e. The summed E-state index contributed by atoms with van der Waals surface area (Å²) < 4.78 is 8.03. The molecule has 0 radical (unpaired) electrons. The molecule has 0 saturated heterocycles. The highest BCUT2D eigenvalue weighted by Gasteiger charge is 2.18. The molecule has 3 aromatic heterocycles. The van der Waals surface area contributed by atoms with Crippen LogP contribution in [0.2, 0.25) is 0 Å². The average Bonchev–Trinajstić information content (AvgIpc) is 3.37. The summed E-state index contributed by atoms with van der Waals surface area (Å²) in [6, 6.07) is 18.1. The van der Waals surface area contributed by atoms with Crippen molar-refractivity contribution in [3.05, 3.63) is 71.9 Å². The molecule has 0 unspecified atom stereocenters. The van der Waals surface area contributed by atoms with Crippen molar-refractivity contribution in [3.8, 4) is 11.5 Å². The minimum atomic E-state index is 0.259. The first-order chi connectivity index (χ1) is 14.6. The Kier molecular flexibility index (Phi) is 4.75. The molecule has 3 heterocycles. The van der Waals surface area contributed by atoms with Gasteiger partial charge in [0.25, 0.3) is 0 Å². The lowest BCUT2D eigenvalue weighted by Crippen LogP contribution is -2.01. The number of hydrogen-bond donors (Lipinski definition) is 0. The third-order valence-electron chi connectivity index (χ3n) is 5.00. The van der Waals surface area contributed by atoms with Gasteiger partial charge in [-0.25, -0.2) is 9.97 Å². The molecule has 6 nitrogen and oxygen atoms in total. The Morgan fingerprint density at radius 3 is 2.53 bits per heavy atom. The molecule has 2 aromatic carbocycles. The zero-order valence-corrected chi connectivity index (χ0v) is 17.8. The van der Waals surface area contributed by atoms with E-state index >= 15 is 0 Å². The molecule has 5 rings (SSSR count). The lowest BCUT2D eigenvalue weighted by Gasteiger charge is -2.09. The molecule has 7 heteroatoms. The monoisotopic (exact) mass is 415 g/mol. The first-order valence-electron chi connectivity index (χ1n) is 9.90. The van der Waals surface area contributed by atoms with Crippen LogP contribution in [0.5, 0.6) is 0 Å². The summed E-state index contributed by atoms with van der Waals surface area (Å²) >= 11 is 1.61. The van der Waals surface area contributed by atoms with E-state index in [4.69, 9.17) is 14.4 Å². The molecule has 150 valence electrons. The minimum Gasteiger partial charge on any atom is -0.441 e. The number of oxazole rings is 1. The van der Waals surface area contributed by atoms with E-state index in [9.17, 15) is 0 Å². The van der Waals surface area contributed by atoms with Gasteiger partial charge in [0.15, 0.2) is 5.65 Å². The van der Waals surface area contributed by atoms with Crippen molar-refractivity contribution in [1.82, 2.24) is 24.6 Å². The molecule has 30 heavy (non-hydrogen) atoms. The number of rotatable bonds is 5. The number of aryl methyl sites for hydroxylation is 1. The fraction of sp³-hybridized carbons (Fsp3) is 0.217. The Morgan fingerprint density at radius 2 is 1.73 bits per heavy atom. The van der Waals surface area contributed by atoms with Gasteiger partial charge in [0.1, 0.15) is 16.6 Å². The molecule has 0 fully saturated rings. The van der Waals surface area contributed by atoms with Gasteiger partial charge < -0.3 is 4.42 Å². The van der Waals surface area contributed by atoms with Crippen LogP contribution in [0, 0.1) is 6.92 Å². The summed E-state index contributed by atoms with van der Waals surface area (Å²) in [7, 11) is 0. The summed E-state index contributed by atoms with van der Waals surface area (Å²) in [5, 5.41) is 9.75. The molecule has 0 bridgehead atoms. The molecule has 5 aromatic rings. The lowest BCUT2D eigenvalue weighted by molar-refractivity contribution is 0.540. The van der Waals surface area contributed by atoms with E-state index in [1.807, 2.05) is 55.5 Å². The summed E-state index contributed by atoms with van der Waals surface area (Å²) in [6.45, 7) is 6.21. The van der Waals surface area contributed by atoms with Crippen molar-refractivity contribution in [2.45, 2.75) is 37.5 Å². The maximum atomic E-state index is 5.90. The van der Waals surface area contributed by atoms with Crippen LogP contribution in [0.4, 0.5) is 0 Å². The van der Waals surface area contributed by atoms with Crippen LogP contribution < -0.4 is 0 Å². The molecular formula is C23H21N5OS. The van der Waals surface area contributed by atoms with Crippen LogP contribution in [0.1, 0.15) is 37.0 Å². The van der Waals surface area contributed by atoms with Crippen molar-refractivity contribution in [1.29, 1.82) is 0 Å². The molecule has 0 spiro atoms. The van der Waals surface area contributed by atoms with Crippen molar-refractivity contribution < 1.29 is 4.42 Å². The van der Waals surface area contributed by atoms with Crippen molar-refractivity contribution in [2.75, 3.05) is 0 Å². The molecule has 0 aliphatic heterocycles.